The van der Waals surface area contributed by atoms with E-state index in [9.17, 15) is 0 Å². The van der Waals surface area contributed by atoms with Crippen LogP contribution in [0.3, 0.4) is 0 Å². The van der Waals surface area contributed by atoms with Crippen LogP contribution >= 0.6 is 0 Å². The molecule has 0 heterocycles. The lowest BCUT2D eigenvalue weighted by molar-refractivity contribution is 0.217. The van der Waals surface area contributed by atoms with E-state index in [1.807, 2.05) is 6.08 Å². The van der Waals surface area contributed by atoms with E-state index in [2.05, 4.69) is 13.5 Å². The minimum absolute atomic E-state index is 0.196. The van der Waals surface area contributed by atoms with E-state index in [4.69, 9.17) is 5.11 Å². The Morgan fingerprint density at radius 3 is 2.75 bits per heavy atom. The highest BCUT2D eigenvalue weighted by molar-refractivity contribution is 5.06. The highest BCUT2D eigenvalue weighted by Crippen LogP contribution is 2.52. The molecule has 0 spiro atoms. The molecule has 0 aromatic rings. The molecule has 0 amide bonds. The van der Waals surface area contributed by atoms with Gasteiger partial charge in [0.05, 0.1) is 0 Å². The first-order valence-electron chi connectivity index (χ1n) is 2.96. The third kappa shape index (κ3) is 0.671. The summed E-state index contributed by atoms with van der Waals surface area (Å²) < 4.78 is 0. The first kappa shape index (κ1) is 5.83. The second-order valence-electron chi connectivity index (χ2n) is 2.86. The van der Waals surface area contributed by atoms with Crippen LogP contribution in [0.5, 0.6) is 0 Å². The van der Waals surface area contributed by atoms with Crippen LogP contribution in [-0.2, 0) is 0 Å². The van der Waals surface area contributed by atoms with Gasteiger partial charge in [0.25, 0.3) is 0 Å². The van der Waals surface area contributed by atoms with E-state index in [1.54, 1.807) is 0 Å². The average Bonchev–Trinajstić information content (AvgIpc) is 2.44. The molecule has 0 aromatic heterocycles. The fourth-order valence-corrected chi connectivity index (χ4v) is 0.993. The molecule has 8 heavy (non-hydrogen) atoms. The van der Waals surface area contributed by atoms with Crippen molar-refractivity contribution in [3.05, 3.63) is 12.7 Å². The van der Waals surface area contributed by atoms with E-state index < -0.39 is 0 Å². The molecule has 1 N–H and O–H groups in total. The summed E-state index contributed by atoms with van der Waals surface area (Å²) in [5.41, 5.74) is 0.196. The Morgan fingerprint density at radius 2 is 2.62 bits per heavy atom. The number of aliphatic hydroxyl groups excluding tert-OH is 1. The fraction of sp³-hybridized carbons (Fsp3) is 0.714. The number of hydrogen-bond donors (Lipinski definition) is 1. The Kier molecular flexibility index (Phi) is 1.16. The molecule has 1 nitrogen and oxygen atoms in total. The molecular formula is C7H12O. The largest absolute Gasteiger partial charge is 0.396 e. The van der Waals surface area contributed by atoms with Crippen LogP contribution in [-0.4, -0.2) is 11.7 Å². The molecule has 0 saturated heterocycles. The maximum Gasteiger partial charge on any atom is 0.0490 e. The molecule has 0 bridgehead atoms. The van der Waals surface area contributed by atoms with Crippen LogP contribution in [0.4, 0.5) is 0 Å². The van der Waals surface area contributed by atoms with Crippen molar-refractivity contribution in [2.45, 2.75) is 13.3 Å². The minimum atomic E-state index is 0.196. The normalized spacial score (nSPS) is 44.0. The Balaban J connectivity index is 2.42. The van der Waals surface area contributed by atoms with Crippen LogP contribution in [0.1, 0.15) is 13.3 Å². The first-order valence-corrected chi connectivity index (χ1v) is 2.96. The first-order chi connectivity index (χ1) is 3.73. The zero-order valence-corrected chi connectivity index (χ0v) is 5.22. The van der Waals surface area contributed by atoms with Crippen molar-refractivity contribution in [2.24, 2.45) is 11.3 Å². The Bertz CT molecular complexity index is 109. The number of rotatable bonds is 2. The molecule has 0 aliphatic heterocycles. The van der Waals surface area contributed by atoms with Crippen LogP contribution in [0, 0.1) is 11.3 Å². The van der Waals surface area contributed by atoms with Crippen molar-refractivity contribution in [3.8, 4) is 0 Å². The van der Waals surface area contributed by atoms with E-state index in [0.717, 1.165) is 6.42 Å². The van der Waals surface area contributed by atoms with Gasteiger partial charge in [-0.1, -0.05) is 13.0 Å². The van der Waals surface area contributed by atoms with Gasteiger partial charge in [-0.15, -0.1) is 6.58 Å². The fourth-order valence-electron chi connectivity index (χ4n) is 0.993. The third-order valence-corrected chi connectivity index (χ3v) is 2.07. The lowest BCUT2D eigenvalue weighted by Crippen LogP contribution is -2.01. The molecule has 0 aromatic carbocycles. The zero-order valence-electron chi connectivity index (χ0n) is 5.22. The van der Waals surface area contributed by atoms with Crippen molar-refractivity contribution in [3.63, 3.8) is 0 Å². The van der Waals surface area contributed by atoms with Gasteiger partial charge in [0.2, 0.25) is 0 Å². The summed E-state index contributed by atoms with van der Waals surface area (Å²) in [6.07, 6.45) is 3.04. The molecule has 1 unspecified atom stereocenters. The summed E-state index contributed by atoms with van der Waals surface area (Å²) in [7, 11) is 0. The molecule has 1 rings (SSSR count). The number of hydrogen-bond acceptors (Lipinski definition) is 1. The quantitative estimate of drug-likeness (QED) is 0.532. The summed E-state index contributed by atoms with van der Waals surface area (Å²) in [4.78, 5) is 0. The summed E-state index contributed by atoms with van der Waals surface area (Å²) in [6, 6.07) is 0. The molecule has 1 aliphatic rings. The third-order valence-electron chi connectivity index (χ3n) is 2.07. The molecule has 1 fully saturated rings. The van der Waals surface area contributed by atoms with Crippen molar-refractivity contribution >= 4 is 0 Å². The molecule has 46 valence electrons. The molecule has 2 atom stereocenters. The number of aliphatic hydroxyl groups is 1. The van der Waals surface area contributed by atoms with Gasteiger partial charge >= 0.3 is 0 Å². The zero-order chi connectivity index (χ0) is 6.20. The van der Waals surface area contributed by atoms with Crippen molar-refractivity contribution in [2.75, 3.05) is 6.61 Å². The highest BCUT2D eigenvalue weighted by atomic mass is 16.3. The molecular weight excluding hydrogens is 100 g/mol. The highest BCUT2D eigenvalue weighted by Gasteiger charge is 2.47. The van der Waals surface area contributed by atoms with Gasteiger partial charge in [0, 0.05) is 6.61 Å². The molecule has 1 heteroatoms. The van der Waals surface area contributed by atoms with Gasteiger partial charge in [-0.25, -0.2) is 0 Å². The van der Waals surface area contributed by atoms with E-state index in [-0.39, 0.29) is 5.41 Å². The molecule has 1 saturated carbocycles. The van der Waals surface area contributed by atoms with Gasteiger partial charge in [0.15, 0.2) is 0 Å². The topological polar surface area (TPSA) is 20.2 Å². The Labute approximate surface area is 50.0 Å². The average molecular weight is 112 g/mol. The maximum absolute atomic E-state index is 8.72. The van der Waals surface area contributed by atoms with Gasteiger partial charge in [-0.2, -0.15) is 0 Å². The second-order valence-corrected chi connectivity index (χ2v) is 2.86. The summed E-state index contributed by atoms with van der Waals surface area (Å²) in [5.74, 6) is 0.576. The second kappa shape index (κ2) is 1.59. The van der Waals surface area contributed by atoms with Gasteiger partial charge in [-0.3, -0.25) is 0 Å². The Hall–Kier alpha value is -0.300. The SMILES string of the molecule is C=C[C@@H]1CC1(C)CO. The lowest BCUT2D eigenvalue weighted by atomic mass is 10.1. The van der Waals surface area contributed by atoms with Crippen molar-refractivity contribution in [1.29, 1.82) is 0 Å². The summed E-state index contributed by atoms with van der Waals surface area (Å²) in [6.45, 7) is 6.05. The number of allylic oxidation sites excluding steroid dienone is 1. The smallest absolute Gasteiger partial charge is 0.0490 e. The summed E-state index contributed by atoms with van der Waals surface area (Å²) in [5, 5.41) is 8.72. The van der Waals surface area contributed by atoms with E-state index in [1.165, 1.54) is 0 Å². The van der Waals surface area contributed by atoms with Gasteiger partial charge in [0.1, 0.15) is 0 Å². The predicted octanol–water partition coefficient (Wildman–Crippen LogP) is 1.19. The van der Waals surface area contributed by atoms with E-state index >= 15 is 0 Å². The van der Waals surface area contributed by atoms with Crippen molar-refractivity contribution in [1.82, 2.24) is 0 Å². The van der Waals surface area contributed by atoms with Gasteiger partial charge in [-0.05, 0) is 17.8 Å². The predicted molar refractivity (Wildman–Crippen MR) is 33.5 cm³/mol. The van der Waals surface area contributed by atoms with Gasteiger partial charge < -0.3 is 5.11 Å². The lowest BCUT2D eigenvalue weighted by Gasteiger charge is -2.00. The standard InChI is InChI=1S/C7H12O/c1-3-6-4-7(6,2)5-8/h3,6,8H,1,4-5H2,2H3/t6-,7?/m1/s1. The van der Waals surface area contributed by atoms with E-state index in [0.29, 0.717) is 12.5 Å². The molecule has 1 aliphatic carbocycles. The monoisotopic (exact) mass is 112 g/mol. The maximum atomic E-state index is 8.72. The van der Waals surface area contributed by atoms with Crippen LogP contribution in [0.25, 0.3) is 0 Å². The van der Waals surface area contributed by atoms with Crippen molar-refractivity contribution < 1.29 is 5.11 Å². The van der Waals surface area contributed by atoms with Crippen LogP contribution < -0.4 is 0 Å². The molecule has 0 radical (unpaired) electrons. The summed E-state index contributed by atoms with van der Waals surface area (Å²) >= 11 is 0. The van der Waals surface area contributed by atoms with Crippen LogP contribution in [0.2, 0.25) is 0 Å². The minimum Gasteiger partial charge on any atom is -0.396 e. The van der Waals surface area contributed by atoms with Crippen LogP contribution in [0.15, 0.2) is 12.7 Å². The Morgan fingerprint density at radius 1 is 2.00 bits per heavy atom.